The number of aliphatic hydroxyl groups excluding tert-OH is 1. The third-order valence-electron chi connectivity index (χ3n) is 4.74. The Labute approximate surface area is 126 Å². The first-order valence-corrected chi connectivity index (χ1v) is 8.01. The molecule has 1 aliphatic carbocycles. The van der Waals surface area contributed by atoms with Crippen LogP contribution in [0, 0.1) is 0 Å². The van der Waals surface area contributed by atoms with Crippen LogP contribution in [0.1, 0.15) is 36.8 Å². The summed E-state index contributed by atoms with van der Waals surface area (Å²) in [6.07, 6.45) is 4.89. The number of benzene rings is 1. The van der Waals surface area contributed by atoms with Crippen LogP contribution < -0.4 is 5.32 Å². The van der Waals surface area contributed by atoms with Crippen molar-refractivity contribution >= 4 is 5.91 Å². The minimum atomic E-state index is -0.112. The van der Waals surface area contributed by atoms with Gasteiger partial charge in [-0.3, -0.25) is 4.79 Å². The van der Waals surface area contributed by atoms with E-state index in [0.717, 1.165) is 25.8 Å². The standard InChI is InChI=1S/C17H24N2O2/c20-10-4-9-19(15-7-3-8-15)17(21)16-11-13-5-1-2-6-14(13)12-18-16/h1-2,5-6,15-16,18,20H,3-4,7-12H2/t16-/m0/s1. The fourth-order valence-electron chi connectivity index (χ4n) is 3.24. The number of carbonyl (C=O) groups excluding carboxylic acids is 1. The molecule has 2 N–H and O–H groups in total. The first-order chi connectivity index (χ1) is 10.3. The smallest absolute Gasteiger partial charge is 0.240 e. The Kier molecular flexibility index (Phi) is 4.56. The van der Waals surface area contributed by atoms with Crippen LogP contribution >= 0.6 is 0 Å². The van der Waals surface area contributed by atoms with Gasteiger partial charge in [0.2, 0.25) is 5.91 Å². The topological polar surface area (TPSA) is 52.6 Å². The minimum Gasteiger partial charge on any atom is -0.396 e. The molecule has 1 fully saturated rings. The lowest BCUT2D eigenvalue weighted by atomic mass is 9.89. The lowest BCUT2D eigenvalue weighted by Crippen LogP contribution is -2.54. The van der Waals surface area contributed by atoms with E-state index in [0.29, 0.717) is 19.0 Å². The maximum atomic E-state index is 12.8. The van der Waals surface area contributed by atoms with Gasteiger partial charge in [-0.15, -0.1) is 0 Å². The summed E-state index contributed by atoms with van der Waals surface area (Å²) in [6, 6.07) is 8.62. The fourth-order valence-corrected chi connectivity index (χ4v) is 3.24. The highest BCUT2D eigenvalue weighted by Crippen LogP contribution is 2.27. The van der Waals surface area contributed by atoms with Crippen molar-refractivity contribution in [3.8, 4) is 0 Å². The summed E-state index contributed by atoms with van der Waals surface area (Å²) in [7, 11) is 0. The molecular formula is C17H24N2O2. The molecule has 1 aromatic rings. The first kappa shape index (κ1) is 14.5. The highest BCUT2D eigenvalue weighted by molar-refractivity contribution is 5.83. The summed E-state index contributed by atoms with van der Waals surface area (Å²) in [4.78, 5) is 14.8. The van der Waals surface area contributed by atoms with Gasteiger partial charge in [0.05, 0.1) is 6.04 Å². The van der Waals surface area contributed by atoms with E-state index in [1.54, 1.807) is 0 Å². The van der Waals surface area contributed by atoms with Crippen LogP contribution in [0.4, 0.5) is 0 Å². The maximum absolute atomic E-state index is 12.8. The zero-order chi connectivity index (χ0) is 14.7. The average molecular weight is 288 g/mol. The number of aliphatic hydroxyl groups is 1. The Morgan fingerprint density at radius 3 is 2.71 bits per heavy atom. The zero-order valence-corrected chi connectivity index (χ0v) is 12.4. The monoisotopic (exact) mass is 288 g/mol. The molecule has 0 saturated heterocycles. The van der Waals surface area contributed by atoms with Gasteiger partial charge in [-0.25, -0.2) is 0 Å². The molecule has 1 amide bonds. The van der Waals surface area contributed by atoms with Crippen molar-refractivity contribution in [3.63, 3.8) is 0 Å². The Morgan fingerprint density at radius 2 is 2.05 bits per heavy atom. The molecule has 0 unspecified atom stereocenters. The van der Waals surface area contributed by atoms with Gasteiger partial charge in [0.1, 0.15) is 0 Å². The molecule has 2 aliphatic rings. The van der Waals surface area contributed by atoms with Crippen molar-refractivity contribution in [3.05, 3.63) is 35.4 Å². The van der Waals surface area contributed by atoms with Crippen LogP contribution in [0.3, 0.4) is 0 Å². The predicted octanol–water partition coefficient (Wildman–Crippen LogP) is 1.46. The SMILES string of the molecule is O=C([C@@H]1Cc2ccccc2CN1)N(CCCO)C1CCC1. The Hall–Kier alpha value is -1.39. The largest absolute Gasteiger partial charge is 0.396 e. The third-order valence-corrected chi connectivity index (χ3v) is 4.74. The zero-order valence-electron chi connectivity index (χ0n) is 12.4. The molecule has 4 nitrogen and oxygen atoms in total. The van der Waals surface area contributed by atoms with E-state index in [1.807, 2.05) is 17.0 Å². The van der Waals surface area contributed by atoms with Crippen molar-refractivity contribution < 1.29 is 9.90 Å². The van der Waals surface area contributed by atoms with Crippen molar-refractivity contribution in [1.82, 2.24) is 10.2 Å². The number of hydrogen-bond donors (Lipinski definition) is 2. The third kappa shape index (κ3) is 3.11. The maximum Gasteiger partial charge on any atom is 0.240 e. The van der Waals surface area contributed by atoms with Crippen molar-refractivity contribution in [2.75, 3.05) is 13.2 Å². The van der Waals surface area contributed by atoms with Gasteiger partial charge >= 0.3 is 0 Å². The van der Waals surface area contributed by atoms with Crippen molar-refractivity contribution in [2.45, 2.75) is 50.7 Å². The molecule has 1 aromatic carbocycles. The van der Waals surface area contributed by atoms with E-state index in [4.69, 9.17) is 5.11 Å². The Morgan fingerprint density at radius 1 is 1.29 bits per heavy atom. The second-order valence-corrected chi connectivity index (χ2v) is 6.10. The summed E-state index contributed by atoms with van der Waals surface area (Å²) < 4.78 is 0. The molecule has 1 aliphatic heterocycles. The van der Waals surface area contributed by atoms with E-state index in [1.165, 1.54) is 17.5 Å². The molecule has 1 atom stereocenters. The lowest BCUT2D eigenvalue weighted by Gasteiger charge is -2.40. The Balaban J connectivity index is 1.68. The van der Waals surface area contributed by atoms with E-state index < -0.39 is 0 Å². The van der Waals surface area contributed by atoms with Gasteiger partial charge in [0.15, 0.2) is 0 Å². The number of fused-ring (bicyclic) bond motifs is 1. The van der Waals surface area contributed by atoms with Crippen molar-refractivity contribution in [1.29, 1.82) is 0 Å². The van der Waals surface area contributed by atoms with Gasteiger partial charge in [0, 0.05) is 25.7 Å². The summed E-state index contributed by atoms with van der Waals surface area (Å²) >= 11 is 0. The van der Waals surface area contributed by atoms with Crippen LogP contribution in [0.5, 0.6) is 0 Å². The molecule has 21 heavy (non-hydrogen) atoms. The van der Waals surface area contributed by atoms with Crippen LogP contribution in [0.25, 0.3) is 0 Å². The molecule has 0 radical (unpaired) electrons. The average Bonchev–Trinajstić information content (AvgIpc) is 2.48. The van der Waals surface area contributed by atoms with E-state index in [-0.39, 0.29) is 18.6 Å². The number of nitrogens with one attached hydrogen (secondary N) is 1. The van der Waals surface area contributed by atoms with Gasteiger partial charge in [-0.2, -0.15) is 0 Å². The quantitative estimate of drug-likeness (QED) is 0.862. The second-order valence-electron chi connectivity index (χ2n) is 6.10. The normalized spacial score (nSPS) is 21.5. The molecule has 1 heterocycles. The molecule has 4 heteroatoms. The van der Waals surface area contributed by atoms with Crippen LogP contribution in [0.2, 0.25) is 0 Å². The molecule has 0 bridgehead atoms. The molecule has 114 valence electrons. The number of amides is 1. The van der Waals surface area contributed by atoms with Crippen LogP contribution in [-0.4, -0.2) is 41.1 Å². The van der Waals surface area contributed by atoms with Gasteiger partial charge in [0.25, 0.3) is 0 Å². The molecular weight excluding hydrogens is 264 g/mol. The summed E-state index contributed by atoms with van der Waals surface area (Å²) in [5.74, 6) is 0.211. The van der Waals surface area contributed by atoms with E-state index in [2.05, 4.69) is 17.4 Å². The van der Waals surface area contributed by atoms with Gasteiger partial charge < -0.3 is 15.3 Å². The lowest BCUT2D eigenvalue weighted by molar-refractivity contribution is -0.138. The first-order valence-electron chi connectivity index (χ1n) is 8.01. The van der Waals surface area contributed by atoms with Gasteiger partial charge in [-0.1, -0.05) is 24.3 Å². The van der Waals surface area contributed by atoms with Crippen LogP contribution in [-0.2, 0) is 17.8 Å². The minimum absolute atomic E-state index is 0.112. The fraction of sp³-hybridized carbons (Fsp3) is 0.588. The van der Waals surface area contributed by atoms with Gasteiger partial charge in [-0.05, 0) is 43.2 Å². The van der Waals surface area contributed by atoms with E-state index in [9.17, 15) is 4.79 Å². The number of hydrogen-bond acceptors (Lipinski definition) is 3. The number of nitrogens with zero attached hydrogens (tertiary/aromatic N) is 1. The number of rotatable bonds is 5. The summed E-state index contributed by atoms with van der Waals surface area (Å²) in [6.45, 7) is 1.60. The molecule has 1 saturated carbocycles. The highest BCUT2D eigenvalue weighted by atomic mass is 16.3. The molecule has 0 aromatic heterocycles. The highest BCUT2D eigenvalue weighted by Gasteiger charge is 2.33. The Bertz CT molecular complexity index is 499. The number of carbonyl (C=O) groups is 1. The summed E-state index contributed by atoms with van der Waals surface area (Å²) in [5.41, 5.74) is 2.58. The van der Waals surface area contributed by atoms with Crippen LogP contribution in [0.15, 0.2) is 24.3 Å². The molecule has 0 spiro atoms. The summed E-state index contributed by atoms with van der Waals surface area (Å²) in [5, 5.41) is 12.4. The predicted molar refractivity (Wildman–Crippen MR) is 81.8 cm³/mol. The van der Waals surface area contributed by atoms with Crippen molar-refractivity contribution in [2.24, 2.45) is 0 Å². The second kappa shape index (κ2) is 6.58. The molecule has 3 rings (SSSR count). The van der Waals surface area contributed by atoms with E-state index >= 15 is 0 Å².